The van der Waals surface area contributed by atoms with Crippen molar-refractivity contribution in [3.05, 3.63) is 29.8 Å². The second-order valence-electron chi connectivity index (χ2n) is 5.14. The van der Waals surface area contributed by atoms with Crippen LogP contribution in [0.1, 0.15) is 26.3 Å². The van der Waals surface area contributed by atoms with Crippen molar-refractivity contribution in [2.45, 2.75) is 32.1 Å². The van der Waals surface area contributed by atoms with E-state index in [1.807, 2.05) is 45.0 Å². The molecule has 1 N–H and O–H groups in total. The molecule has 1 amide bonds. The van der Waals surface area contributed by atoms with Crippen LogP contribution >= 0.6 is 11.8 Å². The molecule has 0 spiro atoms. The number of nitrogens with one attached hydrogen (secondary N) is 1. The van der Waals surface area contributed by atoms with Crippen molar-refractivity contribution in [2.75, 3.05) is 12.9 Å². The first kappa shape index (κ1) is 14.9. The Balaban J connectivity index is 2.30. The molecule has 0 heterocycles. The summed E-state index contributed by atoms with van der Waals surface area (Å²) in [7, 11) is 1.65. The van der Waals surface area contributed by atoms with E-state index in [-0.39, 0.29) is 11.4 Å². The fraction of sp³-hybridized carbons (Fsp3) is 0.500. The molecule has 0 atom stereocenters. The lowest BCUT2D eigenvalue weighted by Crippen LogP contribution is -2.41. The number of hydrogen-bond donors (Lipinski definition) is 1. The van der Waals surface area contributed by atoms with Gasteiger partial charge in [0.15, 0.2) is 0 Å². The van der Waals surface area contributed by atoms with E-state index in [4.69, 9.17) is 4.74 Å². The molecule has 18 heavy (non-hydrogen) atoms. The quantitative estimate of drug-likeness (QED) is 0.891. The number of hydrogen-bond acceptors (Lipinski definition) is 3. The molecule has 0 radical (unpaired) electrons. The first-order chi connectivity index (χ1) is 8.40. The molecule has 0 unspecified atom stereocenters. The van der Waals surface area contributed by atoms with Gasteiger partial charge < -0.3 is 10.1 Å². The summed E-state index contributed by atoms with van der Waals surface area (Å²) >= 11 is 1.62. The zero-order valence-corrected chi connectivity index (χ0v) is 12.3. The van der Waals surface area contributed by atoms with Gasteiger partial charge in [-0.1, -0.05) is 12.1 Å². The highest BCUT2D eigenvalue weighted by atomic mass is 32.2. The van der Waals surface area contributed by atoms with Gasteiger partial charge in [0.2, 0.25) is 5.91 Å². The normalized spacial score (nSPS) is 11.1. The van der Waals surface area contributed by atoms with Crippen molar-refractivity contribution in [3.8, 4) is 5.75 Å². The highest BCUT2D eigenvalue weighted by Crippen LogP contribution is 2.16. The molecule has 0 aliphatic carbocycles. The molecule has 4 heteroatoms. The predicted molar refractivity (Wildman–Crippen MR) is 77.1 cm³/mol. The van der Waals surface area contributed by atoms with Crippen LogP contribution in [0.25, 0.3) is 0 Å². The Morgan fingerprint density at radius 1 is 1.28 bits per heavy atom. The second kappa shape index (κ2) is 6.69. The molecule has 0 aliphatic heterocycles. The average Bonchev–Trinajstić information content (AvgIpc) is 2.27. The van der Waals surface area contributed by atoms with Gasteiger partial charge in [-0.15, -0.1) is 11.8 Å². The summed E-state index contributed by atoms with van der Waals surface area (Å²) in [6, 6.07) is 7.91. The van der Waals surface area contributed by atoms with Gasteiger partial charge in [0, 0.05) is 11.3 Å². The zero-order valence-electron chi connectivity index (χ0n) is 11.4. The molecule has 1 aromatic carbocycles. The van der Waals surface area contributed by atoms with E-state index in [0.717, 1.165) is 11.5 Å². The summed E-state index contributed by atoms with van der Waals surface area (Å²) in [6.07, 6.45) is 0. The van der Waals surface area contributed by atoms with Crippen molar-refractivity contribution in [1.82, 2.24) is 5.32 Å². The van der Waals surface area contributed by atoms with Crippen molar-refractivity contribution in [1.29, 1.82) is 0 Å². The van der Waals surface area contributed by atoms with Crippen LogP contribution in [0.3, 0.4) is 0 Å². The highest BCUT2D eigenvalue weighted by molar-refractivity contribution is 7.99. The summed E-state index contributed by atoms with van der Waals surface area (Å²) < 4.78 is 5.10. The fourth-order valence-corrected chi connectivity index (χ4v) is 2.23. The molecule has 0 aliphatic rings. The monoisotopic (exact) mass is 267 g/mol. The SMILES string of the molecule is COc1ccc(CSCC(=O)NC(C)(C)C)cc1. The third-order valence-corrected chi connectivity index (χ3v) is 3.18. The lowest BCUT2D eigenvalue weighted by molar-refractivity contribution is -0.119. The molecule has 0 aromatic heterocycles. The van der Waals surface area contributed by atoms with Crippen LogP contribution in [-0.2, 0) is 10.5 Å². The number of amides is 1. The first-order valence-corrected chi connectivity index (χ1v) is 7.08. The molecular formula is C14H21NO2S. The van der Waals surface area contributed by atoms with Gasteiger partial charge in [0.1, 0.15) is 5.75 Å². The second-order valence-corrected chi connectivity index (χ2v) is 6.12. The van der Waals surface area contributed by atoms with Gasteiger partial charge >= 0.3 is 0 Å². The van der Waals surface area contributed by atoms with E-state index in [9.17, 15) is 4.79 Å². The molecule has 100 valence electrons. The molecule has 3 nitrogen and oxygen atoms in total. The Kier molecular flexibility index (Phi) is 5.54. The molecule has 0 saturated heterocycles. The Morgan fingerprint density at radius 3 is 2.39 bits per heavy atom. The van der Waals surface area contributed by atoms with Crippen molar-refractivity contribution >= 4 is 17.7 Å². The van der Waals surface area contributed by atoms with Crippen LogP contribution in [0.15, 0.2) is 24.3 Å². The fourth-order valence-electron chi connectivity index (χ4n) is 1.44. The summed E-state index contributed by atoms with van der Waals surface area (Å²) in [5.41, 5.74) is 1.04. The van der Waals surface area contributed by atoms with Crippen molar-refractivity contribution in [2.24, 2.45) is 0 Å². The van der Waals surface area contributed by atoms with Crippen LogP contribution in [0.2, 0.25) is 0 Å². The first-order valence-electron chi connectivity index (χ1n) is 5.92. The number of rotatable bonds is 5. The van der Waals surface area contributed by atoms with E-state index in [0.29, 0.717) is 5.75 Å². The lowest BCUT2D eigenvalue weighted by atomic mass is 10.1. The molecular weight excluding hydrogens is 246 g/mol. The Morgan fingerprint density at radius 2 is 1.89 bits per heavy atom. The number of methoxy groups -OCH3 is 1. The highest BCUT2D eigenvalue weighted by Gasteiger charge is 2.13. The topological polar surface area (TPSA) is 38.3 Å². The summed E-state index contributed by atoms with van der Waals surface area (Å²) in [6.45, 7) is 5.96. The van der Waals surface area contributed by atoms with Gasteiger partial charge in [-0.2, -0.15) is 0 Å². The smallest absolute Gasteiger partial charge is 0.230 e. The van der Waals surface area contributed by atoms with E-state index >= 15 is 0 Å². The number of carbonyl (C=O) groups excluding carboxylic acids is 1. The average molecular weight is 267 g/mol. The van der Waals surface area contributed by atoms with Crippen LogP contribution in [0.5, 0.6) is 5.75 Å². The molecule has 1 aromatic rings. The molecule has 0 fully saturated rings. The standard InChI is InChI=1S/C14H21NO2S/c1-14(2,3)15-13(16)10-18-9-11-5-7-12(17-4)8-6-11/h5-8H,9-10H2,1-4H3,(H,15,16). The van der Waals surface area contributed by atoms with Gasteiger partial charge in [-0.25, -0.2) is 0 Å². The van der Waals surface area contributed by atoms with Gasteiger partial charge in [0.05, 0.1) is 12.9 Å². The number of carbonyl (C=O) groups is 1. The zero-order chi connectivity index (χ0) is 13.6. The summed E-state index contributed by atoms with van der Waals surface area (Å²) in [4.78, 5) is 11.6. The Labute approximate surface area is 113 Å². The summed E-state index contributed by atoms with van der Waals surface area (Å²) in [5, 5.41) is 2.94. The molecule has 1 rings (SSSR count). The third kappa shape index (κ3) is 5.96. The van der Waals surface area contributed by atoms with Crippen LogP contribution < -0.4 is 10.1 Å². The number of ether oxygens (including phenoxy) is 1. The maximum atomic E-state index is 11.6. The van der Waals surface area contributed by atoms with Crippen LogP contribution in [0, 0.1) is 0 Å². The maximum Gasteiger partial charge on any atom is 0.230 e. The van der Waals surface area contributed by atoms with Crippen LogP contribution in [0.4, 0.5) is 0 Å². The minimum Gasteiger partial charge on any atom is -0.497 e. The Bertz CT molecular complexity index is 382. The van der Waals surface area contributed by atoms with Crippen molar-refractivity contribution < 1.29 is 9.53 Å². The third-order valence-electron chi connectivity index (χ3n) is 2.18. The van der Waals surface area contributed by atoms with E-state index in [2.05, 4.69) is 5.32 Å². The number of benzene rings is 1. The van der Waals surface area contributed by atoms with E-state index < -0.39 is 0 Å². The minimum absolute atomic E-state index is 0.0843. The van der Waals surface area contributed by atoms with Crippen molar-refractivity contribution in [3.63, 3.8) is 0 Å². The van der Waals surface area contributed by atoms with Gasteiger partial charge in [-0.3, -0.25) is 4.79 Å². The van der Waals surface area contributed by atoms with E-state index in [1.165, 1.54) is 5.56 Å². The van der Waals surface area contributed by atoms with Gasteiger partial charge in [-0.05, 0) is 38.5 Å². The molecule has 0 saturated carbocycles. The minimum atomic E-state index is -0.155. The largest absolute Gasteiger partial charge is 0.497 e. The predicted octanol–water partition coefficient (Wildman–Crippen LogP) is 2.84. The van der Waals surface area contributed by atoms with E-state index in [1.54, 1.807) is 18.9 Å². The lowest BCUT2D eigenvalue weighted by Gasteiger charge is -2.20. The maximum absolute atomic E-state index is 11.6. The summed E-state index contributed by atoms with van der Waals surface area (Å²) in [5.74, 6) is 2.26. The molecule has 0 bridgehead atoms. The Hall–Kier alpha value is -1.16. The van der Waals surface area contributed by atoms with Gasteiger partial charge in [0.25, 0.3) is 0 Å². The van der Waals surface area contributed by atoms with Crippen LogP contribution in [-0.4, -0.2) is 24.3 Å². The number of thioether (sulfide) groups is 1.